The van der Waals surface area contributed by atoms with Crippen LogP contribution in [0.5, 0.6) is 0 Å². The van der Waals surface area contributed by atoms with Crippen LogP contribution in [-0.2, 0) is 14.8 Å². The topological polar surface area (TPSA) is 101 Å². The number of hydrogen-bond acceptors (Lipinski definition) is 4. The van der Waals surface area contributed by atoms with Crippen LogP contribution in [0.25, 0.3) is 0 Å². The summed E-state index contributed by atoms with van der Waals surface area (Å²) in [5.41, 5.74) is 6.07. The SMILES string of the molecule is CS(=O)(=O)Nc1ccccc1NC(=O)C1(CN)CCCC1. The van der Waals surface area contributed by atoms with Gasteiger partial charge in [0.2, 0.25) is 15.9 Å². The van der Waals surface area contributed by atoms with Crippen LogP contribution in [0.1, 0.15) is 25.7 Å². The zero-order valence-electron chi connectivity index (χ0n) is 12.1. The van der Waals surface area contributed by atoms with Gasteiger partial charge >= 0.3 is 0 Å². The molecule has 0 unspecified atom stereocenters. The summed E-state index contributed by atoms with van der Waals surface area (Å²) < 4.78 is 25.1. The average molecular weight is 311 g/mol. The fourth-order valence-electron chi connectivity index (χ4n) is 2.71. The van der Waals surface area contributed by atoms with Crippen LogP contribution in [0.3, 0.4) is 0 Å². The third-order valence-electron chi connectivity index (χ3n) is 3.90. The number of hydrogen-bond donors (Lipinski definition) is 3. The Bertz CT molecular complexity index is 622. The molecule has 1 aliphatic carbocycles. The number of amides is 1. The van der Waals surface area contributed by atoms with Gasteiger partial charge in [-0.1, -0.05) is 25.0 Å². The van der Waals surface area contributed by atoms with E-state index in [9.17, 15) is 13.2 Å². The summed E-state index contributed by atoms with van der Waals surface area (Å²) in [5, 5.41) is 2.82. The molecule has 1 aromatic rings. The van der Waals surface area contributed by atoms with Crippen molar-refractivity contribution in [2.24, 2.45) is 11.1 Å². The molecular formula is C14H21N3O3S. The Morgan fingerprint density at radius 1 is 1.24 bits per heavy atom. The fraction of sp³-hybridized carbons (Fsp3) is 0.500. The van der Waals surface area contributed by atoms with Crippen molar-refractivity contribution in [3.05, 3.63) is 24.3 Å². The third-order valence-corrected chi connectivity index (χ3v) is 4.49. The highest BCUT2D eigenvalue weighted by atomic mass is 32.2. The van der Waals surface area contributed by atoms with Gasteiger partial charge < -0.3 is 11.1 Å². The summed E-state index contributed by atoms with van der Waals surface area (Å²) in [6, 6.07) is 6.73. The number of rotatable bonds is 5. The lowest BCUT2D eigenvalue weighted by molar-refractivity contribution is -0.124. The largest absolute Gasteiger partial charge is 0.329 e. The van der Waals surface area contributed by atoms with Gasteiger partial charge in [0.25, 0.3) is 0 Å². The maximum atomic E-state index is 12.5. The predicted octanol–water partition coefficient (Wildman–Crippen LogP) is 1.52. The molecule has 1 amide bonds. The van der Waals surface area contributed by atoms with Crippen molar-refractivity contribution in [1.29, 1.82) is 0 Å². The first-order valence-corrected chi connectivity index (χ1v) is 8.84. The van der Waals surface area contributed by atoms with Crippen LogP contribution in [-0.4, -0.2) is 27.1 Å². The molecule has 2 rings (SSSR count). The van der Waals surface area contributed by atoms with Crippen molar-refractivity contribution in [3.63, 3.8) is 0 Å². The summed E-state index contributed by atoms with van der Waals surface area (Å²) in [7, 11) is -3.40. The molecule has 0 aromatic heterocycles. The first-order valence-electron chi connectivity index (χ1n) is 6.95. The molecule has 6 nitrogen and oxygen atoms in total. The molecule has 21 heavy (non-hydrogen) atoms. The molecule has 0 radical (unpaired) electrons. The maximum absolute atomic E-state index is 12.5. The van der Waals surface area contributed by atoms with Gasteiger partial charge in [0, 0.05) is 6.54 Å². The Labute approximate surface area is 125 Å². The van der Waals surface area contributed by atoms with E-state index in [2.05, 4.69) is 10.0 Å². The number of sulfonamides is 1. The average Bonchev–Trinajstić information content (AvgIpc) is 2.89. The highest BCUT2D eigenvalue weighted by Crippen LogP contribution is 2.38. The Kier molecular flexibility index (Phi) is 4.53. The highest BCUT2D eigenvalue weighted by molar-refractivity contribution is 7.92. The second-order valence-corrected chi connectivity index (χ2v) is 7.31. The standard InChI is InChI=1S/C14H21N3O3S/c1-21(19,20)17-12-7-3-2-6-11(12)16-13(18)14(10-15)8-4-5-9-14/h2-3,6-7,17H,4-5,8-10,15H2,1H3,(H,16,18). The molecule has 0 saturated heterocycles. The normalized spacial score (nSPS) is 17.4. The van der Waals surface area contributed by atoms with Crippen LogP contribution >= 0.6 is 0 Å². The van der Waals surface area contributed by atoms with E-state index in [0.717, 1.165) is 31.9 Å². The van der Waals surface area contributed by atoms with Crippen LogP contribution in [0.2, 0.25) is 0 Å². The number of carbonyl (C=O) groups is 1. The van der Waals surface area contributed by atoms with Crippen molar-refractivity contribution >= 4 is 27.3 Å². The Hall–Kier alpha value is -1.60. The first kappa shape index (κ1) is 15.8. The lowest BCUT2D eigenvalue weighted by Crippen LogP contribution is -2.40. The van der Waals surface area contributed by atoms with Crippen molar-refractivity contribution in [1.82, 2.24) is 0 Å². The lowest BCUT2D eigenvalue weighted by Gasteiger charge is -2.26. The minimum absolute atomic E-state index is 0.134. The smallest absolute Gasteiger partial charge is 0.231 e. The molecule has 0 heterocycles. The Morgan fingerprint density at radius 3 is 2.33 bits per heavy atom. The van der Waals surface area contributed by atoms with E-state index in [4.69, 9.17) is 5.73 Å². The molecule has 1 fully saturated rings. The van der Waals surface area contributed by atoms with Crippen molar-refractivity contribution in [3.8, 4) is 0 Å². The summed E-state index contributed by atoms with van der Waals surface area (Å²) in [6.45, 7) is 0.306. The van der Waals surface area contributed by atoms with E-state index >= 15 is 0 Å². The second kappa shape index (κ2) is 6.03. The molecule has 0 bridgehead atoms. The molecule has 1 saturated carbocycles. The predicted molar refractivity (Wildman–Crippen MR) is 83.5 cm³/mol. The molecule has 7 heteroatoms. The number of nitrogens with two attached hydrogens (primary N) is 1. The molecule has 0 aliphatic heterocycles. The zero-order chi connectivity index (χ0) is 15.5. The van der Waals surface area contributed by atoms with Gasteiger partial charge in [-0.2, -0.15) is 0 Å². The summed E-state index contributed by atoms with van der Waals surface area (Å²) >= 11 is 0. The number of nitrogens with one attached hydrogen (secondary N) is 2. The van der Waals surface area contributed by atoms with Crippen molar-refractivity contribution < 1.29 is 13.2 Å². The van der Waals surface area contributed by atoms with Gasteiger partial charge in [-0.15, -0.1) is 0 Å². The van der Waals surface area contributed by atoms with Gasteiger partial charge in [0.05, 0.1) is 23.0 Å². The molecule has 0 spiro atoms. The number of para-hydroxylation sites is 2. The third kappa shape index (κ3) is 3.74. The Balaban J connectivity index is 2.21. The summed E-state index contributed by atoms with van der Waals surface area (Å²) in [5.74, 6) is -0.134. The lowest BCUT2D eigenvalue weighted by atomic mass is 9.85. The van der Waals surface area contributed by atoms with Crippen LogP contribution in [0.15, 0.2) is 24.3 Å². The van der Waals surface area contributed by atoms with Crippen LogP contribution < -0.4 is 15.8 Å². The quantitative estimate of drug-likeness (QED) is 0.767. The summed E-state index contributed by atoms with van der Waals surface area (Å²) in [4.78, 5) is 12.5. The monoisotopic (exact) mass is 311 g/mol. The summed E-state index contributed by atoms with van der Waals surface area (Å²) in [6.07, 6.45) is 4.61. The van der Waals surface area contributed by atoms with E-state index < -0.39 is 15.4 Å². The van der Waals surface area contributed by atoms with Gasteiger partial charge in [-0.25, -0.2) is 8.42 Å². The molecular weight excluding hydrogens is 290 g/mol. The van der Waals surface area contributed by atoms with Crippen LogP contribution in [0.4, 0.5) is 11.4 Å². The van der Waals surface area contributed by atoms with E-state index in [-0.39, 0.29) is 5.91 Å². The van der Waals surface area contributed by atoms with E-state index in [0.29, 0.717) is 17.9 Å². The molecule has 116 valence electrons. The second-order valence-electron chi connectivity index (χ2n) is 5.57. The van der Waals surface area contributed by atoms with Gasteiger partial charge in [-0.3, -0.25) is 9.52 Å². The first-order chi connectivity index (χ1) is 9.86. The fourth-order valence-corrected chi connectivity index (χ4v) is 3.29. The maximum Gasteiger partial charge on any atom is 0.231 e. The molecule has 4 N–H and O–H groups in total. The number of benzene rings is 1. The minimum Gasteiger partial charge on any atom is -0.329 e. The molecule has 1 aliphatic rings. The van der Waals surface area contributed by atoms with E-state index in [1.54, 1.807) is 24.3 Å². The van der Waals surface area contributed by atoms with Crippen molar-refractivity contribution in [2.75, 3.05) is 22.8 Å². The van der Waals surface area contributed by atoms with Gasteiger partial charge in [0.1, 0.15) is 0 Å². The number of carbonyl (C=O) groups excluding carboxylic acids is 1. The zero-order valence-corrected chi connectivity index (χ0v) is 12.9. The van der Waals surface area contributed by atoms with Crippen LogP contribution in [0, 0.1) is 5.41 Å². The van der Waals surface area contributed by atoms with Gasteiger partial charge in [-0.05, 0) is 25.0 Å². The van der Waals surface area contributed by atoms with E-state index in [1.807, 2.05) is 0 Å². The van der Waals surface area contributed by atoms with Crippen molar-refractivity contribution in [2.45, 2.75) is 25.7 Å². The molecule has 0 atom stereocenters. The minimum atomic E-state index is -3.40. The van der Waals surface area contributed by atoms with E-state index in [1.165, 1.54) is 0 Å². The number of anilines is 2. The highest BCUT2D eigenvalue weighted by Gasteiger charge is 2.39. The van der Waals surface area contributed by atoms with Gasteiger partial charge in [0.15, 0.2) is 0 Å². The Morgan fingerprint density at radius 2 is 1.81 bits per heavy atom. The molecule has 1 aromatic carbocycles.